The summed E-state index contributed by atoms with van der Waals surface area (Å²) in [6.45, 7) is 4.76. The predicted octanol–water partition coefficient (Wildman–Crippen LogP) is 3.29. The lowest BCUT2D eigenvalue weighted by Gasteiger charge is -2.18. The third-order valence-corrected chi connectivity index (χ3v) is 2.76. The monoisotopic (exact) mass is 249 g/mol. The van der Waals surface area contributed by atoms with E-state index in [1.54, 1.807) is 12.1 Å². The lowest BCUT2D eigenvalue weighted by Crippen LogP contribution is -2.20. The highest BCUT2D eigenvalue weighted by atomic mass is 19.1. The second kappa shape index (κ2) is 7.73. The van der Waals surface area contributed by atoms with E-state index >= 15 is 0 Å². The Morgan fingerprint density at radius 1 is 1.44 bits per heavy atom. The van der Waals surface area contributed by atoms with Crippen LogP contribution in [-0.2, 0) is 0 Å². The molecule has 0 fully saturated rings. The molecule has 1 unspecified atom stereocenters. The highest BCUT2D eigenvalue weighted by Gasteiger charge is 2.12. The van der Waals surface area contributed by atoms with Gasteiger partial charge in [0.25, 0.3) is 0 Å². The van der Waals surface area contributed by atoms with Crippen molar-refractivity contribution in [1.29, 1.82) is 0 Å². The molecule has 0 spiro atoms. The summed E-state index contributed by atoms with van der Waals surface area (Å²) in [5.74, 6) is 5.90. The smallest absolute Gasteiger partial charge is 0.165 e. The zero-order valence-electron chi connectivity index (χ0n) is 11.2. The van der Waals surface area contributed by atoms with Crippen LogP contribution >= 0.6 is 0 Å². The van der Waals surface area contributed by atoms with Gasteiger partial charge < -0.3 is 10.1 Å². The van der Waals surface area contributed by atoms with Crippen LogP contribution in [0.25, 0.3) is 0 Å². The molecule has 1 atom stereocenters. The number of hydrogen-bond acceptors (Lipinski definition) is 2. The van der Waals surface area contributed by atoms with Crippen molar-refractivity contribution in [2.75, 3.05) is 13.7 Å². The van der Waals surface area contributed by atoms with Gasteiger partial charge in [0.1, 0.15) is 0 Å². The largest absolute Gasteiger partial charge is 0.494 e. The van der Waals surface area contributed by atoms with Crippen molar-refractivity contribution in [3.05, 3.63) is 29.6 Å². The molecule has 0 heterocycles. The summed E-state index contributed by atoms with van der Waals surface area (Å²) < 4.78 is 18.4. The van der Waals surface area contributed by atoms with Crippen LogP contribution in [0.5, 0.6) is 5.75 Å². The van der Waals surface area contributed by atoms with E-state index in [2.05, 4.69) is 24.1 Å². The molecule has 0 aromatic heterocycles. The topological polar surface area (TPSA) is 21.3 Å². The Bertz CT molecular complexity index is 434. The van der Waals surface area contributed by atoms with Gasteiger partial charge in [0.2, 0.25) is 0 Å². The molecule has 0 saturated heterocycles. The minimum atomic E-state index is -0.329. The molecule has 18 heavy (non-hydrogen) atoms. The van der Waals surface area contributed by atoms with Crippen molar-refractivity contribution in [3.63, 3.8) is 0 Å². The van der Waals surface area contributed by atoms with E-state index in [1.165, 1.54) is 13.2 Å². The molecule has 0 saturated carbocycles. The highest BCUT2D eigenvalue weighted by Crippen LogP contribution is 2.25. The van der Waals surface area contributed by atoms with Gasteiger partial charge in [-0.25, -0.2) is 4.39 Å². The summed E-state index contributed by atoms with van der Waals surface area (Å²) in [6.07, 6.45) is 1.73. The quantitative estimate of drug-likeness (QED) is 0.781. The van der Waals surface area contributed by atoms with Crippen LogP contribution < -0.4 is 10.1 Å². The summed E-state index contributed by atoms with van der Waals surface area (Å²) in [7, 11) is 1.48. The summed E-state index contributed by atoms with van der Waals surface area (Å²) >= 11 is 0. The zero-order chi connectivity index (χ0) is 13.4. The van der Waals surface area contributed by atoms with Crippen molar-refractivity contribution in [2.24, 2.45) is 0 Å². The Morgan fingerprint density at radius 2 is 2.22 bits per heavy atom. The standard InChI is InChI=1S/C15H20FNO/c1-4-6-7-8-14(17-5-2)12-9-10-13(16)15(11-12)18-3/h9-11,14,17H,5,7-8H2,1-3H3. The fraction of sp³-hybridized carbons (Fsp3) is 0.467. The Hall–Kier alpha value is -1.53. The second-order valence-corrected chi connectivity index (χ2v) is 3.97. The van der Waals surface area contributed by atoms with E-state index in [1.807, 2.05) is 6.92 Å². The van der Waals surface area contributed by atoms with Crippen molar-refractivity contribution >= 4 is 0 Å². The number of nitrogens with one attached hydrogen (secondary N) is 1. The molecule has 1 rings (SSSR count). The highest BCUT2D eigenvalue weighted by molar-refractivity contribution is 5.32. The SMILES string of the molecule is CC#CCCC(NCC)c1ccc(F)c(OC)c1. The molecule has 0 aliphatic heterocycles. The van der Waals surface area contributed by atoms with Gasteiger partial charge in [-0.15, -0.1) is 11.8 Å². The molecule has 1 aromatic carbocycles. The molecule has 0 bridgehead atoms. The van der Waals surface area contributed by atoms with Crippen molar-refractivity contribution in [3.8, 4) is 17.6 Å². The molecule has 3 heteroatoms. The average Bonchev–Trinajstić information content (AvgIpc) is 2.39. The average molecular weight is 249 g/mol. The Labute approximate surface area is 109 Å². The van der Waals surface area contributed by atoms with Crippen LogP contribution in [0.4, 0.5) is 4.39 Å². The Morgan fingerprint density at radius 3 is 2.83 bits per heavy atom. The van der Waals surface area contributed by atoms with Crippen molar-refractivity contribution in [1.82, 2.24) is 5.32 Å². The minimum Gasteiger partial charge on any atom is -0.494 e. The molecule has 1 N–H and O–H groups in total. The van der Waals surface area contributed by atoms with Gasteiger partial charge in [-0.3, -0.25) is 0 Å². The predicted molar refractivity (Wildman–Crippen MR) is 72.1 cm³/mol. The third kappa shape index (κ3) is 4.05. The lowest BCUT2D eigenvalue weighted by atomic mass is 10.0. The Balaban J connectivity index is 2.85. The summed E-state index contributed by atoms with van der Waals surface area (Å²) in [5.41, 5.74) is 1.04. The van der Waals surface area contributed by atoms with Gasteiger partial charge >= 0.3 is 0 Å². The lowest BCUT2D eigenvalue weighted by molar-refractivity contribution is 0.384. The van der Waals surface area contributed by atoms with Crippen LogP contribution in [0.15, 0.2) is 18.2 Å². The van der Waals surface area contributed by atoms with Crippen LogP contribution in [0, 0.1) is 17.7 Å². The zero-order valence-corrected chi connectivity index (χ0v) is 11.2. The first-order chi connectivity index (χ1) is 8.72. The first kappa shape index (κ1) is 14.5. The molecule has 0 radical (unpaired) electrons. The van der Waals surface area contributed by atoms with Crippen LogP contribution in [0.1, 0.15) is 38.3 Å². The fourth-order valence-corrected chi connectivity index (χ4v) is 1.87. The van der Waals surface area contributed by atoms with E-state index in [-0.39, 0.29) is 17.6 Å². The molecule has 0 aliphatic rings. The van der Waals surface area contributed by atoms with E-state index in [0.29, 0.717) is 0 Å². The summed E-state index contributed by atoms with van der Waals surface area (Å²) in [4.78, 5) is 0. The Kier molecular flexibility index (Phi) is 6.24. The van der Waals surface area contributed by atoms with Gasteiger partial charge in [0.15, 0.2) is 11.6 Å². The van der Waals surface area contributed by atoms with Crippen LogP contribution in [0.3, 0.4) is 0 Å². The maximum absolute atomic E-state index is 13.4. The van der Waals surface area contributed by atoms with E-state index < -0.39 is 0 Å². The molecular formula is C15H20FNO. The van der Waals surface area contributed by atoms with E-state index in [0.717, 1.165) is 24.9 Å². The first-order valence-electron chi connectivity index (χ1n) is 6.19. The van der Waals surface area contributed by atoms with Gasteiger partial charge in [0.05, 0.1) is 7.11 Å². The fourth-order valence-electron chi connectivity index (χ4n) is 1.87. The maximum Gasteiger partial charge on any atom is 0.165 e. The normalized spacial score (nSPS) is 11.6. The third-order valence-electron chi connectivity index (χ3n) is 2.76. The van der Waals surface area contributed by atoms with Crippen molar-refractivity contribution < 1.29 is 9.13 Å². The maximum atomic E-state index is 13.4. The van der Waals surface area contributed by atoms with Gasteiger partial charge in [0, 0.05) is 12.5 Å². The van der Waals surface area contributed by atoms with E-state index in [4.69, 9.17) is 4.74 Å². The number of benzene rings is 1. The van der Waals surface area contributed by atoms with Gasteiger partial charge in [-0.2, -0.15) is 0 Å². The number of ether oxygens (including phenoxy) is 1. The van der Waals surface area contributed by atoms with Gasteiger partial charge in [-0.05, 0) is 37.6 Å². The number of hydrogen-bond donors (Lipinski definition) is 1. The number of methoxy groups -OCH3 is 1. The second-order valence-electron chi connectivity index (χ2n) is 3.97. The van der Waals surface area contributed by atoms with Gasteiger partial charge in [-0.1, -0.05) is 13.0 Å². The molecule has 98 valence electrons. The number of rotatable bonds is 6. The molecule has 0 amide bonds. The molecule has 2 nitrogen and oxygen atoms in total. The number of halogens is 1. The van der Waals surface area contributed by atoms with Crippen LogP contribution in [-0.4, -0.2) is 13.7 Å². The van der Waals surface area contributed by atoms with Crippen molar-refractivity contribution in [2.45, 2.75) is 32.7 Å². The summed E-state index contributed by atoms with van der Waals surface area (Å²) in [5, 5.41) is 3.38. The molecular weight excluding hydrogens is 229 g/mol. The van der Waals surface area contributed by atoms with E-state index in [9.17, 15) is 4.39 Å². The minimum absolute atomic E-state index is 0.186. The molecule has 0 aliphatic carbocycles. The van der Waals surface area contributed by atoms with Crippen LogP contribution in [0.2, 0.25) is 0 Å². The molecule has 1 aromatic rings. The first-order valence-corrected chi connectivity index (χ1v) is 6.19. The summed E-state index contributed by atoms with van der Waals surface area (Å²) in [6, 6.07) is 5.18.